The van der Waals surface area contributed by atoms with Crippen molar-refractivity contribution in [3.63, 3.8) is 0 Å². The standard InChI is InChI=1S/C20H29N3O4/c1-2-11-27-17-9-8-13(18(24)22-14-5-3-6-14)12-16(17)23-20(26)15-7-4-10-21-19(15)25/h4,7,10,13-14,16-17H,2-3,5-6,8-9,11-12H2,1H3,(H,21,25)(H,22,24)(H,23,26)/t13-,16+,17+/m0/s1. The third-order valence-electron chi connectivity index (χ3n) is 5.52. The molecular weight excluding hydrogens is 346 g/mol. The SMILES string of the molecule is CCCO[C@@H]1CC[C@H](C(=O)NC2CCC2)C[C@H]1NC(=O)c1ccc[nH]c1=O. The average molecular weight is 375 g/mol. The van der Waals surface area contributed by atoms with E-state index in [9.17, 15) is 14.4 Å². The van der Waals surface area contributed by atoms with Crippen LogP contribution in [0.15, 0.2) is 23.1 Å². The van der Waals surface area contributed by atoms with Gasteiger partial charge < -0.3 is 20.4 Å². The van der Waals surface area contributed by atoms with Gasteiger partial charge in [0.2, 0.25) is 5.91 Å². The number of aromatic amines is 1. The Labute approximate surface area is 159 Å². The maximum Gasteiger partial charge on any atom is 0.260 e. The number of carbonyl (C=O) groups excluding carboxylic acids is 2. The molecule has 0 aromatic carbocycles. The van der Waals surface area contributed by atoms with E-state index in [1.807, 2.05) is 6.92 Å². The fourth-order valence-electron chi connectivity index (χ4n) is 3.72. The lowest BCUT2D eigenvalue weighted by Crippen LogP contribution is -2.52. The first-order valence-corrected chi connectivity index (χ1v) is 9.99. The Balaban J connectivity index is 1.66. The molecule has 0 unspecified atom stereocenters. The Kier molecular flexibility index (Phi) is 6.66. The summed E-state index contributed by atoms with van der Waals surface area (Å²) in [6.45, 7) is 2.65. The molecule has 2 amide bonds. The third-order valence-corrected chi connectivity index (χ3v) is 5.52. The van der Waals surface area contributed by atoms with E-state index in [0.29, 0.717) is 19.1 Å². The molecule has 3 N–H and O–H groups in total. The van der Waals surface area contributed by atoms with Gasteiger partial charge in [-0.3, -0.25) is 14.4 Å². The Morgan fingerprint density at radius 1 is 1.22 bits per heavy atom. The molecule has 0 radical (unpaired) electrons. The number of pyridine rings is 1. The second-order valence-corrected chi connectivity index (χ2v) is 7.55. The fourth-order valence-corrected chi connectivity index (χ4v) is 3.72. The molecule has 1 aromatic rings. The quantitative estimate of drug-likeness (QED) is 0.676. The lowest BCUT2D eigenvalue weighted by molar-refractivity contribution is -0.128. The van der Waals surface area contributed by atoms with Crippen LogP contribution in [-0.4, -0.2) is 41.6 Å². The molecule has 1 heterocycles. The summed E-state index contributed by atoms with van der Waals surface area (Å²) in [5.74, 6) is -0.483. The highest BCUT2D eigenvalue weighted by atomic mass is 16.5. The van der Waals surface area contributed by atoms with E-state index in [1.54, 1.807) is 6.07 Å². The van der Waals surface area contributed by atoms with E-state index in [-0.39, 0.29) is 29.5 Å². The van der Waals surface area contributed by atoms with Gasteiger partial charge in [0, 0.05) is 24.8 Å². The van der Waals surface area contributed by atoms with Crippen LogP contribution in [0, 0.1) is 5.92 Å². The van der Waals surface area contributed by atoms with Crippen molar-refractivity contribution in [2.75, 3.05) is 6.61 Å². The molecule has 0 bridgehead atoms. The second-order valence-electron chi connectivity index (χ2n) is 7.55. The summed E-state index contributed by atoms with van der Waals surface area (Å²) in [7, 11) is 0. The summed E-state index contributed by atoms with van der Waals surface area (Å²) in [5, 5.41) is 6.05. The van der Waals surface area contributed by atoms with Crippen molar-refractivity contribution >= 4 is 11.8 Å². The smallest absolute Gasteiger partial charge is 0.260 e. The maximum atomic E-state index is 12.6. The van der Waals surface area contributed by atoms with Crippen LogP contribution < -0.4 is 16.2 Å². The zero-order valence-corrected chi connectivity index (χ0v) is 15.8. The number of hydrogen-bond acceptors (Lipinski definition) is 4. The topological polar surface area (TPSA) is 100 Å². The molecule has 2 aliphatic rings. The predicted octanol–water partition coefficient (Wildman–Crippen LogP) is 1.74. The predicted molar refractivity (Wildman–Crippen MR) is 101 cm³/mol. The van der Waals surface area contributed by atoms with Gasteiger partial charge in [-0.2, -0.15) is 0 Å². The molecule has 0 aliphatic heterocycles. The Bertz CT molecular complexity index is 713. The van der Waals surface area contributed by atoms with E-state index in [2.05, 4.69) is 15.6 Å². The number of ether oxygens (including phenoxy) is 1. The summed E-state index contributed by atoms with van der Waals surface area (Å²) >= 11 is 0. The first-order valence-electron chi connectivity index (χ1n) is 9.99. The van der Waals surface area contributed by atoms with Crippen molar-refractivity contribution in [3.8, 4) is 0 Å². The molecule has 2 saturated carbocycles. The molecule has 7 nitrogen and oxygen atoms in total. The molecule has 1 aromatic heterocycles. The number of amides is 2. The summed E-state index contributed by atoms with van der Waals surface area (Å²) in [6, 6.07) is 3.15. The highest BCUT2D eigenvalue weighted by Crippen LogP contribution is 2.28. The van der Waals surface area contributed by atoms with Crippen molar-refractivity contribution in [1.29, 1.82) is 0 Å². The van der Waals surface area contributed by atoms with Gasteiger partial charge in [-0.05, 0) is 57.1 Å². The number of hydrogen-bond donors (Lipinski definition) is 3. The average Bonchev–Trinajstić information content (AvgIpc) is 2.63. The highest BCUT2D eigenvalue weighted by Gasteiger charge is 2.36. The lowest BCUT2D eigenvalue weighted by atomic mass is 9.82. The number of nitrogens with one attached hydrogen (secondary N) is 3. The van der Waals surface area contributed by atoms with Crippen LogP contribution in [0.25, 0.3) is 0 Å². The largest absolute Gasteiger partial charge is 0.376 e. The first kappa shape index (κ1) is 19.6. The monoisotopic (exact) mass is 375 g/mol. The molecule has 2 aliphatic carbocycles. The van der Waals surface area contributed by atoms with E-state index in [1.165, 1.54) is 18.7 Å². The molecule has 27 heavy (non-hydrogen) atoms. The van der Waals surface area contributed by atoms with E-state index < -0.39 is 11.5 Å². The van der Waals surface area contributed by atoms with E-state index >= 15 is 0 Å². The number of aromatic nitrogens is 1. The zero-order valence-electron chi connectivity index (χ0n) is 15.8. The van der Waals surface area contributed by atoms with Crippen LogP contribution in [0.2, 0.25) is 0 Å². The second kappa shape index (κ2) is 9.17. The molecule has 148 valence electrons. The molecule has 0 saturated heterocycles. The summed E-state index contributed by atoms with van der Waals surface area (Å²) in [4.78, 5) is 39.5. The minimum atomic E-state index is -0.424. The number of H-pyrrole nitrogens is 1. The van der Waals surface area contributed by atoms with Crippen LogP contribution in [0.5, 0.6) is 0 Å². The third kappa shape index (κ3) is 4.97. The van der Waals surface area contributed by atoms with Crippen molar-refractivity contribution in [3.05, 3.63) is 34.2 Å². The van der Waals surface area contributed by atoms with Gasteiger partial charge in [0.25, 0.3) is 11.5 Å². The molecule has 3 rings (SSSR count). The zero-order chi connectivity index (χ0) is 19.2. The van der Waals surface area contributed by atoms with Gasteiger partial charge in [0.15, 0.2) is 0 Å². The van der Waals surface area contributed by atoms with Crippen LogP contribution >= 0.6 is 0 Å². The maximum absolute atomic E-state index is 12.6. The van der Waals surface area contributed by atoms with Crippen LogP contribution in [0.3, 0.4) is 0 Å². The van der Waals surface area contributed by atoms with Crippen molar-refractivity contribution < 1.29 is 14.3 Å². The molecule has 0 spiro atoms. The van der Waals surface area contributed by atoms with Gasteiger partial charge >= 0.3 is 0 Å². The molecular formula is C20H29N3O4. The van der Waals surface area contributed by atoms with Gasteiger partial charge in [-0.1, -0.05) is 6.92 Å². The Hall–Kier alpha value is -2.15. The van der Waals surface area contributed by atoms with Crippen LogP contribution in [0.1, 0.15) is 62.2 Å². The van der Waals surface area contributed by atoms with Gasteiger partial charge in [-0.25, -0.2) is 0 Å². The van der Waals surface area contributed by atoms with Gasteiger partial charge in [0.1, 0.15) is 5.56 Å². The summed E-state index contributed by atoms with van der Waals surface area (Å²) in [5.41, 5.74) is -0.344. The Morgan fingerprint density at radius 3 is 2.70 bits per heavy atom. The molecule has 3 atom stereocenters. The minimum Gasteiger partial charge on any atom is -0.376 e. The highest BCUT2D eigenvalue weighted by molar-refractivity contribution is 5.94. The lowest BCUT2D eigenvalue weighted by Gasteiger charge is -2.37. The Morgan fingerprint density at radius 2 is 2.04 bits per heavy atom. The van der Waals surface area contributed by atoms with Gasteiger partial charge in [-0.15, -0.1) is 0 Å². The van der Waals surface area contributed by atoms with Crippen molar-refractivity contribution in [1.82, 2.24) is 15.6 Å². The molecule has 2 fully saturated rings. The van der Waals surface area contributed by atoms with Crippen molar-refractivity contribution in [2.24, 2.45) is 5.92 Å². The normalized spacial score (nSPS) is 25.4. The van der Waals surface area contributed by atoms with Crippen LogP contribution in [-0.2, 0) is 9.53 Å². The van der Waals surface area contributed by atoms with E-state index in [0.717, 1.165) is 32.1 Å². The summed E-state index contributed by atoms with van der Waals surface area (Å²) < 4.78 is 5.92. The first-order chi connectivity index (χ1) is 13.1. The van der Waals surface area contributed by atoms with Gasteiger partial charge in [0.05, 0.1) is 12.1 Å². The van der Waals surface area contributed by atoms with E-state index in [4.69, 9.17) is 4.74 Å². The van der Waals surface area contributed by atoms with Crippen molar-refractivity contribution in [2.45, 2.75) is 70.1 Å². The number of carbonyl (C=O) groups is 2. The fraction of sp³-hybridized carbons (Fsp3) is 0.650. The molecule has 7 heteroatoms. The number of rotatable bonds is 7. The van der Waals surface area contributed by atoms with Crippen LogP contribution in [0.4, 0.5) is 0 Å². The minimum absolute atomic E-state index is 0.0745. The summed E-state index contributed by atoms with van der Waals surface area (Å²) in [6.07, 6.45) is 7.54.